The van der Waals surface area contributed by atoms with Gasteiger partial charge in [-0.25, -0.2) is 0 Å². The predicted octanol–water partition coefficient (Wildman–Crippen LogP) is 6.03. The van der Waals surface area contributed by atoms with Crippen LogP contribution in [0.4, 0.5) is 0 Å². The van der Waals surface area contributed by atoms with E-state index in [9.17, 15) is 0 Å². The third-order valence-electron chi connectivity index (χ3n) is 7.42. The lowest BCUT2D eigenvalue weighted by atomic mass is 9.66. The summed E-state index contributed by atoms with van der Waals surface area (Å²) in [5.41, 5.74) is 4.83. The molecule has 0 amide bonds. The fourth-order valence-electron chi connectivity index (χ4n) is 5.32. The van der Waals surface area contributed by atoms with Crippen molar-refractivity contribution in [1.82, 2.24) is 0 Å². The number of rotatable bonds is 14. The second-order valence-electron chi connectivity index (χ2n) is 10.1. The van der Waals surface area contributed by atoms with E-state index in [-0.39, 0.29) is 18.8 Å². The third-order valence-corrected chi connectivity index (χ3v) is 7.42. The van der Waals surface area contributed by atoms with E-state index in [2.05, 4.69) is 49.4 Å². The van der Waals surface area contributed by atoms with E-state index in [4.69, 9.17) is 28.8 Å². The lowest BCUT2D eigenvalue weighted by Gasteiger charge is -2.43. The lowest BCUT2D eigenvalue weighted by Crippen LogP contribution is -2.40. The quantitative estimate of drug-likeness (QED) is 0.207. The summed E-state index contributed by atoms with van der Waals surface area (Å²) < 4.78 is 27.9. The zero-order valence-electron chi connectivity index (χ0n) is 22.8. The van der Waals surface area contributed by atoms with Crippen LogP contribution in [0.3, 0.4) is 0 Å². The molecule has 0 radical (unpaired) electrons. The Morgan fingerprint density at radius 2 is 1.61 bits per heavy atom. The molecule has 1 aliphatic rings. The minimum Gasteiger partial charge on any atom is -0.492 e. The second-order valence-corrected chi connectivity index (χ2v) is 10.1. The second kappa shape index (κ2) is 13.7. The van der Waals surface area contributed by atoms with Crippen LogP contribution in [-0.4, -0.2) is 45.9 Å². The molecule has 0 bridgehead atoms. The molecule has 0 fully saturated rings. The molecule has 3 aromatic carbocycles. The molecule has 1 N–H and O–H groups in total. The zero-order valence-corrected chi connectivity index (χ0v) is 22.8. The van der Waals surface area contributed by atoms with Crippen molar-refractivity contribution in [3.8, 4) is 17.2 Å². The fraction of sp³-hybridized carbons (Fsp3) is 0.438. The van der Waals surface area contributed by atoms with Gasteiger partial charge in [0.15, 0.2) is 6.79 Å². The normalized spacial score (nSPS) is 18.5. The Labute approximate surface area is 226 Å². The van der Waals surface area contributed by atoms with E-state index in [0.29, 0.717) is 25.7 Å². The zero-order chi connectivity index (χ0) is 26.8. The largest absolute Gasteiger partial charge is 0.492 e. The molecule has 1 heterocycles. The number of benzene rings is 3. The van der Waals surface area contributed by atoms with Gasteiger partial charge in [0.05, 0.1) is 19.8 Å². The molecule has 0 saturated heterocycles. The van der Waals surface area contributed by atoms with Gasteiger partial charge >= 0.3 is 0 Å². The molecule has 0 saturated carbocycles. The van der Waals surface area contributed by atoms with Crippen LogP contribution >= 0.6 is 0 Å². The number of ether oxygens (including phenoxy) is 5. The van der Waals surface area contributed by atoms with Gasteiger partial charge in [-0.2, -0.15) is 0 Å². The lowest BCUT2D eigenvalue weighted by molar-refractivity contribution is 0.0506. The van der Waals surface area contributed by atoms with Crippen LogP contribution in [0.2, 0.25) is 0 Å². The van der Waals surface area contributed by atoms with Crippen molar-refractivity contribution in [3.63, 3.8) is 0 Å². The Morgan fingerprint density at radius 1 is 0.868 bits per heavy atom. The van der Waals surface area contributed by atoms with E-state index in [1.54, 1.807) is 14.2 Å². The van der Waals surface area contributed by atoms with Gasteiger partial charge in [0.2, 0.25) is 0 Å². The monoisotopic (exact) mass is 520 g/mol. The number of aliphatic hydroxyl groups is 1. The molecule has 6 nitrogen and oxygen atoms in total. The van der Waals surface area contributed by atoms with Crippen LogP contribution in [0.1, 0.15) is 54.4 Å². The smallest absolute Gasteiger partial charge is 0.188 e. The average Bonchev–Trinajstić information content (AvgIpc) is 2.95. The van der Waals surface area contributed by atoms with Crippen molar-refractivity contribution in [2.24, 2.45) is 0 Å². The number of methoxy groups -OCH3 is 2. The molecule has 6 heteroatoms. The van der Waals surface area contributed by atoms with Gasteiger partial charge in [-0.15, -0.1) is 0 Å². The van der Waals surface area contributed by atoms with Crippen molar-refractivity contribution in [1.29, 1.82) is 0 Å². The summed E-state index contributed by atoms with van der Waals surface area (Å²) in [4.78, 5) is 0. The summed E-state index contributed by atoms with van der Waals surface area (Å²) in [7, 11) is 3.34. The minimum atomic E-state index is -0.154. The first-order valence-corrected chi connectivity index (χ1v) is 13.4. The first kappa shape index (κ1) is 28.0. The topological polar surface area (TPSA) is 66.4 Å². The number of aryl methyl sites for hydroxylation is 1. The average molecular weight is 521 g/mol. The molecule has 2 unspecified atom stereocenters. The summed E-state index contributed by atoms with van der Waals surface area (Å²) in [6.07, 6.45) is 4.28. The first-order valence-electron chi connectivity index (χ1n) is 13.4. The molecular weight excluding hydrogens is 480 g/mol. The van der Waals surface area contributed by atoms with E-state index in [1.165, 1.54) is 22.3 Å². The van der Waals surface area contributed by atoms with Crippen LogP contribution in [-0.2, 0) is 27.9 Å². The molecule has 0 aliphatic carbocycles. The Hall–Kier alpha value is -3.06. The summed E-state index contributed by atoms with van der Waals surface area (Å²) in [6.45, 7) is 4.10. The molecule has 3 aromatic rings. The van der Waals surface area contributed by atoms with Crippen LogP contribution < -0.4 is 14.2 Å². The van der Waals surface area contributed by atoms with Gasteiger partial charge in [-0.1, -0.05) is 55.8 Å². The summed E-state index contributed by atoms with van der Waals surface area (Å²) >= 11 is 0. The summed E-state index contributed by atoms with van der Waals surface area (Å²) in [5.74, 6) is 2.76. The summed E-state index contributed by atoms with van der Waals surface area (Å²) in [6, 6.07) is 23.1. The highest BCUT2D eigenvalue weighted by Crippen LogP contribution is 2.49. The standard InChI is InChI=1S/C32H40O6/c1-32(26-12-8-25(9-13-26)21-34-2)22-37-31-20-28(38-23-35-3)16-17-29(31)30(32)7-5-4-6-24-10-14-27(15-11-24)36-19-18-33/h8-17,20,30,33H,4-7,18-19,21-23H2,1-3H3. The SMILES string of the molecule is COCOc1ccc2c(c1)OCC(C)(c1ccc(COC)cc1)C2CCCCc1ccc(OCCO)cc1. The Morgan fingerprint density at radius 3 is 2.32 bits per heavy atom. The molecular formula is C32H40O6. The number of hydrogen-bond acceptors (Lipinski definition) is 6. The predicted molar refractivity (Wildman–Crippen MR) is 148 cm³/mol. The van der Waals surface area contributed by atoms with Crippen molar-refractivity contribution < 1.29 is 28.8 Å². The Bertz CT molecular complexity index is 1130. The van der Waals surface area contributed by atoms with Gasteiger partial charge in [-0.3, -0.25) is 0 Å². The number of unbranched alkanes of at least 4 members (excludes halogenated alkanes) is 1. The maximum Gasteiger partial charge on any atom is 0.188 e. The molecule has 0 aromatic heterocycles. The number of aliphatic hydroxyl groups excluding tert-OH is 1. The molecule has 1 aliphatic heterocycles. The van der Waals surface area contributed by atoms with Crippen molar-refractivity contribution >= 4 is 0 Å². The third kappa shape index (κ3) is 6.87. The van der Waals surface area contributed by atoms with E-state index < -0.39 is 0 Å². The van der Waals surface area contributed by atoms with Gasteiger partial charge in [0.1, 0.15) is 23.9 Å². The van der Waals surface area contributed by atoms with Gasteiger partial charge in [0, 0.05) is 31.6 Å². The Kier molecular flexibility index (Phi) is 10.0. The molecule has 2 atom stereocenters. The van der Waals surface area contributed by atoms with E-state index in [0.717, 1.165) is 42.9 Å². The highest BCUT2D eigenvalue weighted by Gasteiger charge is 2.42. The molecule has 4 rings (SSSR count). The molecule has 0 spiro atoms. The maximum absolute atomic E-state index is 8.94. The Balaban J connectivity index is 1.49. The van der Waals surface area contributed by atoms with Crippen molar-refractivity contribution in [2.45, 2.75) is 50.5 Å². The number of fused-ring (bicyclic) bond motifs is 1. The van der Waals surface area contributed by atoms with Gasteiger partial charge < -0.3 is 28.8 Å². The maximum atomic E-state index is 8.94. The van der Waals surface area contributed by atoms with Crippen molar-refractivity contribution in [3.05, 3.63) is 89.0 Å². The van der Waals surface area contributed by atoms with Crippen LogP contribution in [0, 0.1) is 0 Å². The first-order chi connectivity index (χ1) is 18.6. The van der Waals surface area contributed by atoms with Gasteiger partial charge in [0.25, 0.3) is 0 Å². The van der Waals surface area contributed by atoms with Crippen LogP contribution in [0.25, 0.3) is 0 Å². The van der Waals surface area contributed by atoms with Gasteiger partial charge in [-0.05, 0) is 59.7 Å². The highest BCUT2D eigenvalue weighted by molar-refractivity contribution is 5.48. The number of hydrogen-bond donors (Lipinski definition) is 1. The van der Waals surface area contributed by atoms with E-state index >= 15 is 0 Å². The van der Waals surface area contributed by atoms with E-state index in [1.807, 2.05) is 24.3 Å². The fourth-order valence-corrected chi connectivity index (χ4v) is 5.32. The van der Waals surface area contributed by atoms with Crippen molar-refractivity contribution in [2.75, 3.05) is 40.8 Å². The minimum absolute atomic E-state index is 0.0226. The molecule has 38 heavy (non-hydrogen) atoms. The van der Waals surface area contributed by atoms with Crippen LogP contribution in [0.5, 0.6) is 17.2 Å². The summed E-state index contributed by atoms with van der Waals surface area (Å²) in [5, 5.41) is 8.94. The van der Waals surface area contributed by atoms with Crippen LogP contribution in [0.15, 0.2) is 66.7 Å². The highest BCUT2D eigenvalue weighted by atomic mass is 16.7. The molecule has 204 valence electrons.